The van der Waals surface area contributed by atoms with Crippen LogP contribution in [-0.4, -0.2) is 26.7 Å². The van der Waals surface area contributed by atoms with E-state index in [1.165, 1.54) is 184 Å². The lowest BCUT2D eigenvalue weighted by Crippen LogP contribution is -2.25. The maximum absolute atomic E-state index is 11.2. The lowest BCUT2D eigenvalue weighted by Gasteiger charge is -2.33. The van der Waals surface area contributed by atoms with Gasteiger partial charge in [-0.2, -0.15) is 0 Å². The molecule has 0 aliphatic heterocycles. The molecule has 0 radical (unpaired) electrons. The lowest BCUT2D eigenvalue weighted by molar-refractivity contribution is -0.138. The second-order valence-corrected chi connectivity index (χ2v) is 30.8. The number of rotatable bonds is 41. The number of nitrogens with zero attached hydrogens (tertiary/aromatic N) is 2. The molecule has 102 heavy (non-hydrogen) atoms. The molecule has 0 saturated carbocycles. The topological polar surface area (TPSA) is 82.8 Å². The van der Waals surface area contributed by atoms with Gasteiger partial charge in [-0.05, 0) is 190 Å². The molecule has 0 saturated heterocycles. The second-order valence-electron chi connectivity index (χ2n) is 30.8. The summed E-state index contributed by atoms with van der Waals surface area (Å²) in [6.45, 7) is 11.5. The first-order chi connectivity index (χ1) is 49.9. The van der Waals surface area contributed by atoms with E-state index in [-0.39, 0.29) is 23.7 Å². The molecule has 0 fully saturated rings. The van der Waals surface area contributed by atoms with E-state index < -0.39 is 11.9 Å². The van der Waals surface area contributed by atoms with Gasteiger partial charge in [0.15, 0.2) is 0 Å². The quantitative estimate of drug-likeness (QED) is 0.0373. The van der Waals surface area contributed by atoms with Gasteiger partial charge in [0, 0.05) is 57.2 Å². The van der Waals surface area contributed by atoms with Crippen LogP contribution in [0.25, 0.3) is 72.0 Å². The average molecular weight is 1360 g/mol. The van der Waals surface area contributed by atoms with Crippen molar-refractivity contribution in [1.29, 1.82) is 0 Å². The molecule has 2 N–H and O–H groups in total. The highest BCUT2D eigenvalue weighted by Crippen LogP contribution is 2.57. The molecule has 0 spiro atoms. The number of aryl methyl sites for hydroxylation is 1. The van der Waals surface area contributed by atoms with Gasteiger partial charge >= 0.3 is 11.9 Å². The predicted octanol–water partition coefficient (Wildman–Crippen LogP) is 28.2. The van der Waals surface area contributed by atoms with Crippen molar-refractivity contribution in [2.45, 2.75) is 257 Å². The molecule has 9 aromatic carbocycles. The van der Waals surface area contributed by atoms with Gasteiger partial charge in [-0.3, -0.25) is 9.59 Å². The molecule has 532 valence electrons. The monoisotopic (exact) mass is 1360 g/mol. The summed E-state index contributed by atoms with van der Waals surface area (Å²) < 4.78 is 2.53. The number of benzene rings is 9. The van der Waals surface area contributed by atoms with Crippen LogP contribution in [0.15, 0.2) is 194 Å². The Hall–Kier alpha value is -8.48. The van der Waals surface area contributed by atoms with Crippen LogP contribution in [0.5, 0.6) is 0 Å². The third-order valence-corrected chi connectivity index (χ3v) is 23.3. The van der Waals surface area contributed by atoms with E-state index in [9.17, 15) is 19.8 Å². The minimum Gasteiger partial charge on any atom is -0.481 e. The molecular formula is C96H114N2O4. The number of unbranched alkanes of at least 4 members (excludes halogenated alkanes) is 22. The Kier molecular flexibility index (Phi) is 25.2. The number of fused-ring (bicyclic) bond motifs is 9. The SMILES string of the molecule is CCCCCCCCC1(CCCCCCCC)c2cc(C)ccc2-c2ccc(-c3ccc(N(c4ccc(-c5ccc6c7ccccc7n(-c7ccc8c(c7)C(CCCCCCCCCC(=O)O)(CCCCCCCCCC(=O)O)c7ccccc7-8)c6c5)cc4)c4ccc(C(C)C)cc4)cc3)cc21. The molecule has 12 rings (SSSR count). The number of anilines is 3. The standard InChI is InChI=1S/C96H114N2O4/c1-6-8-10-12-22-34-64-96(65-35-23-13-11-9-7-2)88-66-71(5)42-58-82(88)83-59-49-75(67-89(83)96)73-45-53-78(54-46-73)97(77-51-43-72(44-52-77)70(3)4)79-55-47-74(48-56-79)76-50-60-86-85-37-29-31-39-91(85)98(92(86)68-76)80-57-61-84-81-36-28-30-38-87(81)95(90(84)69-80,62-32-24-18-14-16-20-26-40-93(99)100)63-33-25-19-15-17-21-27-41-94(101)102/h28-31,36-39,42-61,66-70H,6-27,32-35,40-41,62-65H2,1-5H3,(H,99,100)(H,101,102). The molecule has 1 aromatic heterocycles. The van der Waals surface area contributed by atoms with E-state index in [1.807, 2.05) is 0 Å². The number of aliphatic carboxylic acids is 2. The van der Waals surface area contributed by atoms with Crippen LogP contribution in [0, 0.1) is 6.92 Å². The molecular weight excluding hydrogens is 1250 g/mol. The summed E-state index contributed by atoms with van der Waals surface area (Å²) >= 11 is 0. The molecule has 0 amide bonds. The van der Waals surface area contributed by atoms with Gasteiger partial charge in [0.05, 0.1) is 11.0 Å². The minimum atomic E-state index is -0.698. The van der Waals surface area contributed by atoms with Gasteiger partial charge in [0.2, 0.25) is 0 Å². The summed E-state index contributed by atoms with van der Waals surface area (Å²) in [5.74, 6) is -0.967. The van der Waals surface area contributed by atoms with Crippen molar-refractivity contribution < 1.29 is 19.8 Å². The smallest absolute Gasteiger partial charge is 0.303 e. The number of carbonyl (C=O) groups is 2. The van der Waals surface area contributed by atoms with Crippen molar-refractivity contribution >= 4 is 50.8 Å². The van der Waals surface area contributed by atoms with Gasteiger partial charge < -0.3 is 19.7 Å². The van der Waals surface area contributed by atoms with E-state index in [1.54, 1.807) is 11.1 Å². The first-order valence-corrected chi connectivity index (χ1v) is 40.0. The second kappa shape index (κ2) is 35.1. The van der Waals surface area contributed by atoms with E-state index in [4.69, 9.17) is 0 Å². The predicted molar refractivity (Wildman–Crippen MR) is 432 cm³/mol. The fraction of sp³-hybridized carbons (Fsp3) is 0.417. The fourth-order valence-electron chi connectivity index (χ4n) is 17.8. The maximum Gasteiger partial charge on any atom is 0.303 e. The van der Waals surface area contributed by atoms with Crippen LogP contribution in [0.4, 0.5) is 17.1 Å². The molecule has 6 nitrogen and oxygen atoms in total. The van der Waals surface area contributed by atoms with E-state index in [0.717, 1.165) is 120 Å². The van der Waals surface area contributed by atoms with Crippen molar-refractivity contribution in [3.8, 4) is 50.2 Å². The van der Waals surface area contributed by atoms with Crippen LogP contribution in [0.1, 0.15) is 272 Å². The van der Waals surface area contributed by atoms with E-state index in [0.29, 0.717) is 5.92 Å². The summed E-state index contributed by atoms with van der Waals surface area (Å²) in [6, 6.07) is 75.3. The maximum atomic E-state index is 11.2. The Labute approximate surface area is 611 Å². The summed E-state index contributed by atoms with van der Waals surface area (Å²) in [5, 5.41) is 20.9. The van der Waals surface area contributed by atoms with Gasteiger partial charge in [0.1, 0.15) is 0 Å². The molecule has 1 heterocycles. The van der Waals surface area contributed by atoms with Gasteiger partial charge in [-0.25, -0.2) is 0 Å². The van der Waals surface area contributed by atoms with Gasteiger partial charge in [-0.15, -0.1) is 0 Å². The van der Waals surface area contributed by atoms with Crippen molar-refractivity contribution in [3.05, 3.63) is 228 Å². The molecule has 2 aliphatic carbocycles. The Bertz CT molecular complexity index is 4350. The van der Waals surface area contributed by atoms with Crippen molar-refractivity contribution in [1.82, 2.24) is 4.57 Å². The fourth-order valence-corrected chi connectivity index (χ4v) is 17.8. The van der Waals surface area contributed by atoms with Crippen LogP contribution in [0.3, 0.4) is 0 Å². The molecule has 10 aromatic rings. The van der Waals surface area contributed by atoms with Gasteiger partial charge in [0.25, 0.3) is 0 Å². The number of hydrogen-bond acceptors (Lipinski definition) is 3. The van der Waals surface area contributed by atoms with Gasteiger partial charge in [-0.1, -0.05) is 315 Å². The Morgan fingerprint density at radius 2 is 0.755 bits per heavy atom. The lowest BCUT2D eigenvalue weighted by atomic mass is 9.70. The Morgan fingerprint density at radius 1 is 0.363 bits per heavy atom. The summed E-state index contributed by atoms with van der Waals surface area (Å²) in [4.78, 5) is 24.8. The largest absolute Gasteiger partial charge is 0.481 e. The zero-order valence-corrected chi connectivity index (χ0v) is 62.3. The first-order valence-electron chi connectivity index (χ1n) is 40.0. The summed E-state index contributed by atoms with van der Waals surface area (Å²) in [5.41, 5.74) is 26.1. The summed E-state index contributed by atoms with van der Waals surface area (Å²) in [6.07, 6.45) is 35.7. The molecule has 0 atom stereocenters. The first kappa shape index (κ1) is 73.3. The van der Waals surface area contributed by atoms with Crippen molar-refractivity contribution in [2.24, 2.45) is 0 Å². The Balaban J connectivity index is 0.850. The molecule has 6 heteroatoms. The van der Waals surface area contributed by atoms with Crippen LogP contribution >= 0.6 is 0 Å². The average Bonchev–Trinajstić information content (AvgIpc) is 1.57. The van der Waals surface area contributed by atoms with Crippen LogP contribution in [-0.2, 0) is 20.4 Å². The van der Waals surface area contributed by atoms with E-state index in [2.05, 4.69) is 238 Å². The molecule has 2 aliphatic rings. The zero-order valence-electron chi connectivity index (χ0n) is 62.3. The highest BCUT2D eigenvalue weighted by Gasteiger charge is 2.44. The highest BCUT2D eigenvalue weighted by atomic mass is 16.4. The van der Waals surface area contributed by atoms with Crippen molar-refractivity contribution in [2.75, 3.05) is 4.90 Å². The number of para-hydroxylation sites is 1. The normalized spacial score (nSPS) is 13.2. The van der Waals surface area contributed by atoms with Crippen LogP contribution < -0.4 is 4.90 Å². The molecule has 0 unspecified atom stereocenters. The van der Waals surface area contributed by atoms with Crippen molar-refractivity contribution in [3.63, 3.8) is 0 Å². The number of aromatic nitrogens is 1. The third kappa shape index (κ3) is 16.8. The minimum absolute atomic E-state index is 0.0211. The number of carboxylic acid groups (broad SMARTS) is 2. The van der Waals surface area contributed by atoms with Crippen LogP contribution in [0.2, 0.25) is 0 Å². The zero-order chi connectivity index (χ0) is 70.8. The summed E-state index contributed by atoms with van der Waals surface area (Å²) in [7, 11) is 0. The third-order valence-electron chi connectivity index (χ3n) is 23.3. The van der Waals surface area contributed by atoms with E-state index >= 15 is 0 Å². The highest BCUT2D eigenvalue weighted by molar-refractivity contribution is 6.10. The number of carboxylic acids is 2. The molecule has 0 bridgehead atoms. The number of hydrogen-bond donors (Lipinski definition) is 2. The Morgan fingerprint density at radius 3 is 1.28 bits per heavy atom.